The highest BCUT2D eigenvalue weighted by Gasteiger charge is 2.27. The zero-order chi connectivity index (χ0) is 24.6. The fraction of sp³-hybridized carbons (Fsp3) is 0.296. The SMILES string of the molecule is COc1ccccc1NC(=O)[C@H](CC1CCCC1)NC(=O)c1cccc(Nc2ccncc2F)c1. The molecule has 3 aromatic rings. The van der Waals surface area contributed by atoms with Gasteiger partial charge in [0.05, 0.1) is 24.7 Å². The summed E-state index contributed by atoms with van der Waals surface area (Å²) in [5.41, 5.74) is 1.73. The highest BCUT2D eigenvalue weighted by atomic mass is 19.1. The van der Waals surface area contributed by atoms with Crippen molar-refractivity contribution in [2.75, 3.05) is 17.7 Å². The number of aromatic nitrogens is 1. The summed E-state index contributed by atoms with van der Waals surface area (Å²) in [5, 5.41) is 8.78. The molecule has 8 heteroatoms. The number of hydrogen-bond acceptors (Lipinski definition) is 5. The minimum atomic E-state index is -0.704. The maximum Gasteiger partial charge on any atom is 0.252 e. The molecule has 1 atom stereocenters. The molecule has 0 radical (unpaired) electrons. The molecular formula is C27H29FN4O3. The number of nitrogens with zero attached hydrogens (tertiary/aromatic N) is 1. The molecule has 182 valence electrons. The third-order valence-electron chi connectivity index (χ3n) is 6.21. The van der Waals surface area contributed by atoms with Crippen LogP contribution in [0.4, 0.5) is 21.5 Å². The number of para-hydroxylation sites is 2. The lowest BCUT2D eigenvalue weighted by Gasteiger charge is -2.22. The number of rotatable bonds is 9. The maximum absolute atomic E-state index is 14.0. The van der Waals surface area contributed by atoms with Gasteiger partial charge in [0.2, 0.25) is 5.91 Å². The minimum Gasteiger partial charge on any atom is -0.495 e. The Hall–Kier alpha value is -3.94. The first-order chi connectivity index (χ1) is 17.0. The van der Waals surface area contributed by atoms with E-state index in [9.17, 15) is 14.0 Å². The third-order valence-corrected chi connectivity index (χ3v) is 6.21. The van der Waals surface area contributed by atoms with Crippen LogP contribution in [-0.2, 0) is 4.79 Å². The first kappa shape index (κ1) is 24.2. The molecule has 1 aromatic heterocycles. The lowest BCUT2D eigenvalue weighted by atomic mass is 9.97. The van der Waals surface area contributed by atoms with Gasteiger partial charge in [-0.25, -0.2) is 4.39 Å². The molecule has 0 aliphatic heterocycles. The lowest BCUT2D eigenvalue weighted by molar-refractivity contribution is -0.118. The number of nitrogens with one attached hydrogen (secondary N) is 3. The molecule has 0 spiro atoms. The third kappa shape index (κ3) is 6.35. The van der Waals surface area contributed by atoms with Crippen LogP contribution in [0.3, 0.4) is 0 Å². The normalized spacial score (nSPS) is 14.2. The molecule has 1 heterocycles. The topological polar surface area (TPSA) is 92.4 Å². The second-order valence-corrected chi connectivity index (χ2v) is 8.66. The molecule has 2 amide bonds. The predicted molar refractivity (Wildman–Crippen MR) is 133 cm³/mol. The van der Waals surface area contributed by atoms with Gasteiger partial charge in [0.25, 0.3) is 5.91 Å². The van der Waals surface area contributed by atoms with Gasteiger partial charge >= 0.3 is 0 Å². The van der Waals surface area contributed by atoms with E-state index in [1.54, 1.807) is 43.5 Å². The van der Waals surface area contributed by atoms with Gasteiger partial charge in [-0.05, 0) is 48.7 Å². The minimum absolute atomic E-state index is 0.257. The van der Waals surface area contributed by atoms with Crippen molar-refractivity contribution in [2.24, 2.45) is 5.92 Å². The first-order valence-electron chi connectivity index (χ1n) is 11.7. The smallest absolute Gasteiger partial charge is 0.252 e. The number of carbonyl (C=O) groups excluding carboxylic acids is 2. The molecule has 0 unspecified atom stereocenters. The summed E-state index contributed by atoms with van der Waals surface area (Å²) in [6.07, 6.45) is 7.53. The Morgan fingerprint density at radius 2 is 1.89 bits per heavy atom. The van der Waals surface area contributed by atoms with Crippen molar-refractivity contribution in [2.45, 2.75) is 38.1 Å². The van der Waals surface area contributed by atoms with E-state index in [2.05, 4.69) is 20.9 Å². The maximum atomic E-state index is 14.0. The van der Waals surface area contributed by atoms with Crippen molar-refractivity contribution < 1.29 is 18.7 Å². The summed E-state index contributed by atoms with van der Waals surface area (Å²) < 4.78 is 19.3. The van der Waals surface area contributed by atoms with Crippen molar-refractivity contribution >= 4 is 28.9 Å². The fourth-order valence-electron chi connectivity index (χ4n) is 4.39. The van der Waals surface area contributed by atoms with Gasteiger partial charge in [-0.15, -0.1) is 0 Å². The van der Waals surface area contributed by atoms with Gasteiger partial charge in [0.1, 0.15) is 11.8 Å². The van der Waals surface area contributed by atoms with E-state index in [1.807, 2.05) is 12.1 Å². The second kappa shape index (κ2) is 11.5. The Balaban J connectivity index is 1.49. The van der Waals surface area contributed by atoms with Crippen molar-refractivity contribution in [1.29, 1.82) is 0 Å². The molecule has 1 fully saturated rings. The van der Waals surface area contributed by atoms with E-state index in [4.69, 9.17) is 4.74 Å². The number of anilines is 3. The molecular weight excluding hydrogens is 447 g/mol. The second-order valence-electron chi connectivity index (χ2n) is 8.66. The number of benzene rings is 2. The number of pyridine rings is 1. The van der Waals surface area contributed by atoms with Crippen LogP contribution < -0.4 is 20.7 Å². The Morgan fingerprint density at radius 1 is 1.09 bits per heavy atom. The molecule has 0 saturated heterocycles. The van der Waals surface area contributed by atoms with Crippen LogP contribution in [0.1, 0.15) is 42.5 Å². The quantitative estimate of drug-likeness (QED) is 0.390. The number of amides is 2. The zero-order valence-electron chi connectivity index (χ0n) is 19.6. The van der Waals surface area contributed by atoms with E-state index >= 15 is 0 Å². The molecule has 1 aliphatic rings. The number of carbonyl (C=O) groups is 2. The van der Waals surface area contributed by atoms with Crippen molar-refractivity contribution in [3.05, 3.63) is 78.4 Å². The average molecular weight is 477 g/mol. The van der Waals surface area contributed by atoms with E-state index in [-0.39, 0.29) is 17.5 Å². The van der Waals surface area contributed by atoms with Gasteiger partial charge < -0.3 is 20.7 Å². The zero-order valence-corrected chi connectivity index (χ0v) is 19.6. The summed E-state index contributed by atoms with van der Waals surface area (Å²) in [7, 11) is 1.54. The largest absolute Gasteiger partial charge is 0.495 e. The van der Waals surface area contributed by atoms with Crippen molar-refractivity contribution in [1.82, 2.24) is 10.3 Å². The summed E-state index contributed by atoms with van der Waals surface area (Å²) in [4.78, 5) is 30.1. The lowest BCUT2D eigenvalue weighted by Crippen LogP contribution is -2.44. The number of ether oxygens (including phenoxy) is 1. The van der Waals surface area contributed by atoms with Gasteiger partial charge in [-0.1, -0.05) is 43.9 Å². The number of methoxy groups -OCH3 is 1. The molecule has 3 N–H and O–H groups in total. The summed E-state index contributed by atoms with van der Waals surface area (Å²) in [6, 6.07) is 14.7. The van der Waals surface area contributed by atoms with Crippen LogP contribution in [0.25, 0.3) is 0 Å². The predicted octanol–water partition coefficient (Wildman–Crippen LogP) is 5.29. The van der Waals surface area contributed by atoms with Crippen LogP contribution in [0.15, 0.2) is 67.0 Å². The van der Waals surface area contributed by atoms with Crippen LogP contribution in [-0.4, -0.2) is 29.9 Å². The van der Waals surface area contributed by atoms with Gasteiger partial charge in [0, 0.05) is 17.4 Å². The van der Waals surface area contributed by atoms with Crippen LogP contribution in [0, 0.1) is 11.7 Å². The van der Waals surface area contributed by atoms with Crippen LogP contribution >= 0.6 is 0 Å². The van der Waals surface area contributed by atoms with E-state index < -0.39 is 11.9 Å². The summed E-state index contributed by atoms with van der Waals surface area (Å²) >= 11 is 0. The van der Waals surface area contributed by atoms with Crippen molar-refractivity contribution in [3.63, 3.8) is 0 Å². The number of hydrogen-bond donors (Lipinski definition) is 3. The fourth-order valence-corrected chi connectivity index (χ4v) is 4.39. The molecule has 4 rings (SSSR count). The summed E-state index contributed by atoms with van der Waals surface area (Å²) in [6.45, 7) is 0. The Labute approximate surface area is 204 Å². The van der Waals surface area contributed by atoms with Gasteiger partial charge in [-0.3, -0.25) is 14.6 Å². The van der Waals surface area contributed by atoms with Gasteiger partial charge in [0.15, 0.2) is 5.82 Å². The van der Waals surface area contributed by atoms with Crippen LogP contribution in [0.5, 0.6) is 5.75 Å². The Morgan fingerprint density at radius 3 is 2.66 bits per heavy atom. The monoisotopic (exact) mass is 476 g/mol. The number of halogens is 1. The van der Waals surface area contributed by atoms with E-state index in [0.717, 1.165) is 31.9 Å². The van der Waals surface area contributed by atoms with Crippen molar-refractivity contribution in [3.8, 4) is 5.75 Å². The highest BCUT2D eigenvalue weighted by Crippen LogP contribution is 2.30. The standard InChI is InChI=1S/C27H29FN4O3/c1-35-25-12-5-4-11-23(25)31-27(34)24(15-18-7-2-3-8-18)32-26(33)19-9-6-10-20(16-19)30-22-13-14-29-17-21(22)28/h4-6,9-14,16-18,24H,2-3,7-8,15H2,1H3,(H,29,30)(H,31,34)(H,32,33)/t24-/m0/s1. The van der Waals surface area contributed by atoms with E-state index in [1.165, 1.54) is 12.3 Å². The average Bonchev–Trinajstić information content (AvgIpc) is 3.39. The molecule has 0 bridgehead atoms. The molecule has 1 saturated carbocycles. The Bertz CT molecular complexity index is 1180. The Kier molecular flexibility index (Phi) is 7.92. The molecule has 1 aliphatic carbocycles. The van der Waals surface area contributed by atoms with E-state index in [0.29, 0.717) is 35.0 Å². The molecule has 35 heavy (non-hydrogen) atoms. The molecule has 2 aromatic carbocycles. The first-order valence-corrected chi connectivity index (χ1v) is 11.7. The highest BCUT2D eigenvalue weighted by molar-refractivity contribution is 6.02. The van der Waals surface area contributed by atoms with Crippen LogP contribution in [0.2, 0.25) is 0 Å². The summed E-state index contributed by atoms with van der Waals surface area (Å²) in [5.74, 6) is -0.225. The van der Waals surface area contributed by atoms with Gasteiger partial charge in [-0.2, -0.15) is 0 Å². The molecule has 7 nitrogen and oxygen atoms in total.